The van der Waals surface area contributed by atoms with E-state index in [4.69, 9.17) is 14.0 Å². The summed E-state index contributed by atoms with van der Waals surface area (Å²) >= 11 is 1.54. The van der Waals surface area contributed by atoms with Gasteiger partial charge >= 0.3 is 7.60 Å². The van der Waals surface area contributed by atoms with Crippen LogP contribution in [-0.2, 0) is 32.2 Å². The van der Waals surface area contributed by atoms with E-state index < -0.39 is 7.60 Å². The van der Waals surface area contributed by atoms with Gasteiger partial charge in [0.2, 0.25) is 0 Å². The molecule has 0 unspecified atom stereocenters. The molecule has 1 aromatic carbocycles. The number of imidazole rings is 1. The number of hydrogen-bond donors (Lipinski definition) is 1. The van der Waals surface area contributed by atoms with E-state index in [-0.39, 0.29) is 0 Å². The Morgan fingerprint density at radius 1 is 1.07 bits per heavy atom. The van der Waals surface area contributed by atoms with Gasteiger partial charge in [0.25, 0.3) is 0 Å². The number of nitrogens with zero attached hydrogens (tertiary/aromatic N) is 2. The fourth-order valence-corrected chi connectivity index (χ4v) is 6.76. The van der Waals surface area contributed by atoms with Crippen LogP contribution in [0.2, 0.25) is 0 Å². The lowest BCUT2D eigenvalue weighted by atomic mass is 10.1. The smallest absolute Gasteiger partial charge is 0.341 e. The zero-order chi connectivity index (χ0) is 21.0. The van der Waals surface area contributed by atoms with Gasteiger partial charge in [0.1, 0.15) is 10.9 Å². The zero-order valence-corrected chi connectivity index (χ0v) is 19.2. The van der Waals surface area contributed by atoms with Crippen molar-refractivity contribution in [1.29, 1.82) is 0 Å². The first kappa shape index (κ1) is 21.6. The molecule has 0 aliphatic heterocycles. The zero-order valence-electron chi connectivity index (χ0n) is 17.5. The van der Waals surface area contributed by atoms with Crippen molar-refractivity contribution in [3.63, 3.8) is 0 Å². The summed E-state index contributed by atoms with van der Waals surface area (Å²) < 4.78 is 25.0. The van der Waals surface area contributed by atoms with E-state index >= 15 is 0 Å². The third-order valence-electron chi connectivity index (χ3n) is 5.17. The molecule has 1 aliphatic carbocycles. The second kappa shape index (κ2) is 9.65. The van der Waals surface area contributed by atoms with Crippen molar-refractivity contribution >= 4 is 35.7 Å². The number of fused-ring (bicyclic) bond motifs is 2. The fraction of sp³-hybridized carbons (Fsp3) is 0.455. The number of pyridine rings is 1. The molecule has 3 aromatic rings. The van der Waals surface area contributed by atoms with Gasteiger partial charge in [-0.05, 0) is 63.3 Å². The van der Waals surface area contributed by atoms with Crippen LogP contribution in [0.25, 0.3) is 11.0 Å². The highest BCUT2D eigenvalue weighted by Gasteiger charge is 2.32. The van der Waals surface area contributed by atoms with Gasteiger partial charge < -0.3 is 14.0 Å². The number of nitrogens with one attached hydrogen (secondary N) is 1. The van der Waals surface area contributed by atoms with Crippen molar-refractivity contribution in [2.24, 2.45) is 0 Å². The third kappa shape index (κ3) is 4.65. The van der Waals surface area contributed by atoms with Crippen molar-refractivity contribution in [2.45, 2.75) is 56.7 Å². The predicted octanol–water partition coefficient (Wildman–Crippen LogP) is 5.41. The SMILES string of the molecule is CCOP(=O)(OCC)c1cc2c(nc1SCc1nc3ccccc3[nH]1)CCCCC2. The topological polar surface area (TPSA) is 77.1 Å². The van der Waals surface area contributed by atoms with E-state index in [9.17, 15) is 4.57 Å². The molecule has 0 fully saturated rings. The lowest BCUT2D eigenvalue weighted by Crippen LogP contribution is -2.17. The molecule has 30 heavy (non-hydrogen) atoms. The Kier molecular flexibility index (Phi) is 6.94. The molecule has 1 aliphatic rings. The minimum atomic E-state index is -3.43. The average Bonchev–Trinajstić information content (AvgIpc) is 3.02. The maximum atomic E-state index is 13.6. The second-order valence-corrected chi connectivity index (χ2v) is 10.3. The molecule has 0 atom stereocenters. The van der Waals surface area contributed by atoms with Crippen LogP contribution >= 0.6 is 19.4 Å². The third-order valence-corrected chi connectivity index (χ3v) is 8.46. The summed E-state index contributed by atoms with van der Waals surface area (Å²) in [4.78, 5) is 13.0. The molecule has 2 heterocycles. The number of para-hydroxylation sites is 2. The Balaban J connectivity index is 1.70. The summed E-state index contributed by atoms with van der Waals surface area (Å²) in [6.07, 6.45) is 5.39. The molecule has 0 bridgehead atoms. The van der Waals surface area contributed by atoms with Gasteiger partial charge in [-0.3, -0.25) is 4.57 Å². The van der Waals surface area contributed by atoms with Gasteiger partial charge in [0.05, 0.1) is 35.3 Å². The van der Waals surface area contributed by atoms with Crippen LogP contribution in [0.1, 0.15) is 50.2 Å². The highest BCUT2D eigenvalue weighted by Crippen LogP contribution is 2.49. The molecular formula is C22H28N3O3PS. The summed E-state index contributed by atoms with van der Waals surface area (Å²) in [6.45, 7) is 4.32. The second-order valence-electron chi connectivity index (χ2n) is 7.30. The largest absolute Gasteiger partial charge is 0.364 e. The molecule has 160 valence electrons. The Morgan fingerprint density at radius 3 is 2.60 bits per heavy atom. The van der Waals surface area contributed by atoms with Crippen LogP contribution in [0.15, 0.2) is 35.4 Å². The minimum Gasteiger partial charge on any atom is -0.341 e. The van der Waals surface area contributed by atoms with E-state index in [0.29, 0.717) is 24.3 Å². The van der Waals surface area contributed by atoms with Gasteiger partial charge in [0.15, 0.2) is 0 Å². The molecule has 6 nitrogen and oxygen atoms in total. The Hall–Kier alpha value is -1.66. The molecule has 0 radical (unpaired) electrons. The molecule has 4 rings (SSSR count). The van der Waals surface area contributed by atoms with Crippen LogP contribution in [0.5, 0.6) is 0 Å². The maximum Gasteiger partial charge on any atom is 0.364 e. The summed E-state index contributed by atoms with van der Waals surface area (Å²) in [5, 5.41) is 1.31. The molecule has 0 saturated carbocycles. The molecule has 0 spiro atoms. The summed E-state index contributed by atoms with van der Waals surface area (Å²) in [7, 11) is -3.43. The first-order chi connectivity index (χ1) is 14.6. The van der Waals surface area contributed by atoms with Gasteiger partial charge in [-0.15, -0.1) is 0 Å². The predicted molar refractivity (Wildman–Crippen MR) is 122 cm³/mol. The highest BCUT2D eigenvalue weighted by atomic mass is 32.2. The monoisotopic (exact) mass is 445 g/mol. The highest BCUT2D eigenvalue weighted by molar-refractivity contribution is 7.99. The first-order valence-corrected chi connectivity index (χ1v) is 13.1. The number of thioether (sulfide) groups is 1. The van der Waals surface area contributed by atoms with E-state index in [2.05, 4.69) is 9.97 Å². The Labute approximate surface area is 181 Å². The van der Waals surface area contributed by atoms with Gasteiger partial charge in [-0.1, -0.05) is 30.3 Å². The van der Waals surface area contributed by atoms with Crippen molar-refractivity contribution in [1.82, 2.24) is 15.0 Å². The molecule has 1 N–H and O–H groups in total. The Bertz CT molecular complexity index is 1030. The summed E-state index contributed by atoms with van der Waals surface area (Å²) in [5.41, 5.74) is 4.24. The normalized spacial score (nSPS) is 14.6. The lowest BCUT2D eigenvalue weighted by molar-refractivity contribution is 0.229. The van der Waals surface area contributed by atoms with Crippen LogP contribution in [0.4, 0.5) is 0 Å². The standard InChI is InChI=1S/C22H28N3O3PS/c1-3-27-29(26,28-4-2)20-14-16-10-6-5-7-11-17(16)25-22(20)30-15-21-23-18-12-8-9-13-19(18)24-21/h8-9,12-14H,3-7,10-11,15H2,1-2H3,(H,23,24). The average molecular weight is 446 g/mol. The van der Waals surface area contributed by atoms with Crippen LogP contribution in [0.3, 0.4) is 0 Å². The number of hydrogen-bond acceptors (Lipinski definition) is 6. The van der Waals surface area contributed by atoms with Crippen molar-refractivity contribution in [2.75, 3.05) is 13.2 Å². The van der Waals surface area contributed by atoms with E-state index in [1.54, 1.807) is 0 Å². The maximum absolute atomic E-state index is 13.6. The number of H-pyrrole nitrogens is 1. The van der Waals surface area contributed by atoms with Gasteiger partial charge in [0, 0.05) is 5.69 Å². The number of aromatic nitrogens is 3. The number of benzene rings is 1. The molecule has 0 amide bonds. The molecule has 0 saturated heterocycles. The minimum absolute atomic E-state index is 0.321. The summed E-state index contributed by atoms with van der Waals surface area (Å²) in [6, 6.07) is 10.0. The van der Waals surface area contributed by atoms with Crippen molar-refractivity contribution < 1.29 is 13.6 Å². The number of aryl methyl sites for hydroxylation is 2. The lowest BCUT2D eigenvalue weighted by Gasteiger charge is -2.21. The van der Waals surface area contributed by atoms with Crippen molar-refractivity contribution in [3.05, 3.63) is 47.4 Å². The summed E-state index contributed by atoms with van der Waals surface area (Å²) in [5.74, 6) is 1.47. The molecular weight excluding hydrogens is 417 g/mol. The van der Waals surface area contributed by atoms with Gasteiger partial charge in [-0.25, -0.2) is 9.97 Å². The van der Waals surface area contributed by atoms with Crippen LogP contribution in [0, 0.1) is 0 Å². The molecule has 8 heteroatoms. The quantitative estimate of drug-likeness (QED) is 0.284. The van der Waals surface area contributed by atoms with Crippen LogP contribution in [-0.4, -0.2) is 28.2 Å². The van der Waals surface area contributed by atoms with Crippen molar-refractivity contribution in [3.8, 4) is 0 Å². The van der Waals surface area contributed by atoms with E-state index in [0.717, 1.165) is 53.3 Å². The van der Waals surface area contributed by atoms with E-state index in [1.807, 2.05) is 44.2 Å². The van der Waals surface area contributed by atoms with Crippen LogP contribution < -0.4 is 5.30 Å². The Morgan fingerprint density at radius 2 is 1.83 bits per heavy atom. The first-order valence-electron chi connectivity index (χ1n) is 10.6. The fourth-order valence-electron chi connectivity index (χ4n) is 3.81. The van der Waals surface area contributed by atoms with Gasteiger partial charge in [-0.2, -0.15) is 0 Å². The van der Waals surface area contributed by atoms with E-state index in [1.165, 1.54) is 23.7 Å². The number of rotatable bonds is 8. The molecule has 2 aromatic heterocycles. The number of aromatic amines is 1.